The molecular formula is C16H22ClIN4O2. The van der Waals surface area contributed by atoms with Crippen molar-refractivity contribution in [2.75, 3.05) is 18.4 Å². The highest BCUT2D eigenvalue weighted by Crippen LogP contribution is 2.26. The Labute approximate surface area is 160 Å². The van der Waals surface area contributed by atoms with Crippen LogP contribution in [-0.4, -0.2) is 44.4 Å². The number of likely N-dealkylation sites (tertiary alicyclic amines) is 1. The Morgan fingerprint density at radius 2 is 2.25 bits per heavy atom. The number of nitrogens with one attached hydrogen (secondary N) is 2. The molecule has 1 amide bonds. The Bertz CT molecular complexity index is 633. The van der Waals surface area contributed by atoms with Crippen molar-refractivity contribution in [3.05, 3.63) is 22.8 Å². The molecule has 1 aromatic heterocycles. The molecule has 2 rings (SSSR count). The lowest BCUT2D eigenvalue weighted by atomic mass is 10.1. The number of carbonyl (C=O) groups is 1. The van der Waals surface area contributed by atoms with E-state index in [0.717, 1.165) is 12.8 Å². The van der Waals surface area contributed by atoms with Gasteiger partial charge in [0.05, 0.1) is 10.6 Å². The molecule has 1 saturated heterocycles. The zero-order chi connectivity index (χ0) is 17.9. The minimum atomic E-state index is -0.505. The highest BCUT2D eigenvalue weighted by Gasteiger charge is 2.28. The first-order chi connectivity index (χ1) is 11.2. The van der Waals surface area contributed by atoms with E-state index in [1.807, 2.05) is 43.4 Å². The van der Waals surface area contributed by atoms with Crippen molar-refractivity contribution < 1.29 is 9.53 Å². The fraction of sp³-hybridized carbons (Fsp3) is 0.562. The predicted molar refractivity (Wildman–Crippen MR) is 105 cm³/mol. The minimum Gasteiger partial charge on any atom is -0.444 e. The number of hydrogen-bond donors (Lipinski definition) is 2. The van der Waals surface area contributed by atoms with Gasteiger partial charge in [-0.1, -0.05) is 11.6 Å². The summed E-state index contributed by atoms with van der Waals surface area (Å²) in [5.41, 5.74) is 0.0873. The lowest BCUT2D eigenvalue weighted by Gasteiger charge is -2.34. The van der Waals surface area contributed by atoms with E-state index in [1.54, 1.807) is 17.2 Å². The second-order valence-electron chi connectivity index (χ2n) is 6.74. The molecular weight excluding hydrogens is 443 g/mol. The number of carbonyl (C=O) groups excluding carboxylic acids is 1. The number of rotatable bonds is 3. The molecule has 0 aliphatic carbocycles. The van der Waals surface area contributed by atoms with Gasteiger partial charge in [0.25, 0.3) is 0 Å². The van der Waals surface area contributed by atoms with E-state index in [-0.39, 0.29) is 12.1 Å². The fourth-order valence-electron chi connectivity index (χ4n) is 2.54. The van der Waals surface area contributed by atoms with Gasteiger partial charge in [0, 0.05) is 25.3 Å². The summed E-state index contributed by atoms with van der Waals surface area (Å²) in [4.78, 5) is 18.3. The van der Waals surface area contributed by atoms with Crippen molar-refractivity contribution in [1.29, 1.82) is 5.41 Å². The minimum absolute atomic E-state index is 0.0479. The topological polar surface area (TPSA) is 78.3 Å². The predicted octanol–water partition coefficient (Wildman–Crippen LogP) is 4.31. The SMILES string of the molecule is CC(C)(C)OC(=O)N1CCC[C@@H](Nc2nccc(Cl)c2C(=N)I)C1. The van der Waals surface area contributed by atoms with Crippen molar-refractivity contribution >= 4 is 49.8 Å². The third kappa shape index (κ3) is 5.20. The molecule has 8 heteroatoms. The van der Waals surface area contributed by atoms with Crippen molar-refractivity contribution in [2.45, 2.75) is 45.3 Å². The first-order valence-corrected chi connectivity index (χ1v) is 9.26. The van der Waals surface area contributed by atoms with E-state index in [0.29, 0.717) is 33.2 Å². The maximum atomic E-state index is 12.2. The van der Waals surface area contributed by atoms with Gasteiger partial charge in [-0.05, 0) is 62.3 Å². The highest BCUT2D eigenvalue weighted by atomic mass is 127. The van der Waals surface area contributed by atoms with Crippen LogP contribution in [0.25, 0.3) is 0 Å². The van der Waals surface area contributed by atoms with Crippen molar-refractivity contribution in [1.82, 2.24) is 9.88 Å². The Hall–Kier alpha value is -1.09. The van der Waals surface area contributed by atoms with Crippen molar-refractivity contribution in [2.24, 2.45) is 0 Å². The average Bonchev–Trinajstić information content (AvgIpc) is 2.45. The zero-order valence-electron chi connectivity index (χ0n) is 14.0. The van der Waals surface area contributed by atoms with Gasteiger partial charge in [-0.3, -0.25) is 5.41 Å². The zero-order valence-corrected chi connectivity index (χ0v) is 16.9. The molecule has 6 nitrogen and oxygen atoms in total. The molecule has 1 atom stereocenters. The molecule has 0 unspecified atom stereocenters. The number of nitrogens with zero attached hydrogens (tertiary/aromatic N) is 2. The molecule has 2 N–H and O–H groups in total. The van der Waals surface area contributed by atoms with Crippen LogP contribution in [0.3, 0.4) is 0 Å². The van der Waals surface area contributed by atoms with E-state index in [4.69, 9.17) is 21.7 Å². The smallest absolute Gasteiger partial charge is 0.410 e. The number of ether oxygens (including phenoxy) is 1. The number of amides is 1. The molecule has 1 aromatic rings. The number of aromatic nitrogens is 1. The number of hydrogen-bond acceptors (Lipinski definition) is 5. The summed E-state index contributed by atoms with van der Waals surface area (Å²) >= 11 is 8.10. The molecule has 0 spiro atoms. The van der Waals surface area contributed by atoms with Crippen LogP contribution in [0, 0.1) is 5.41 Å². The highest BCUT2D eigenvalue weighted by molar-refractivity contribution is 14.1. The van der Waals surface area contributed by atoms with Gasteiger partial charge in [-0.2, -0.15) is 0 Å². The van der Waals surface area contributed by atoms with Gasteiger partial charge < -0.3 is 15.0 Å². The molecule has 0 radical (unpaired) electrons. The van der Waals surface area contributed by atoms with Gasteiger partial charge in [0.2, 0.25) is 0 Å². The second-order valence-corrected chi connectivity index (χ2v) is 8.23. The molecule has 0 aromatic carbocycles. The molecule has 2 heterocycles. The molecule has 132 valence electrons. The van der Waals surface area contributed by atoms with E-state index in [2.05, 4.69) is 10.3 Å². The molecule has 1 aliphatic rings. The number of anilines is 1. The fourth-order valence-corrected chi connectivity index (χ4v) is 3.48. The average molecular weight is 465 g/mol. The van der Waals surface area contributed by atoms with Gasteiger partial charge in [0.1, 0.15) is 15.1 Å². The summed E-state index contributed by atoms with van der Waals surface area (Å²) in [5.74, 6) is 0.581. The number of halogens is 2. The molecule has 0 saturated carbocycles. The maximum absolute atomic E-state index is 12.2. The molecule has 24 heavy (non-hydrogen) atoms. The Kier molecular flexibility index (Phi) is 6.30. The summed E-state index contributed by atoms with van der Waals surface area (Å²) in [5, 5.41) is 11.7. The maximum Gasteiger partial charge on any atom is 0.410 e. The number of pyridine rings is 1. The Morgan fingerprint density at radius 1 is 1.54 bits per heavy atom. The summed E-state index contributed by atoms with van der Waals surface area (Å²) in [6.07, 6.45) is 3.12. The largest absolute Gasteiger partial charge is 0.444 e. The summed E-state index contributed by atoms with van der Waals surface area (Å²) in [6.45, 7) is 6.80. The van der Waals surface area contributed by atoms with E-state index >= 15 is 0 Å². The van der Waals surface area contributed by atoms with Crippen LogP contribution in [0.5, 0.6) is 0 Å². The number of piperidine rings is 1. The van der Waals surface area contributed by atoms with E-state index < -0.39 is 5.60 Å². The third-order valence-corrected chi connectivity index (χ3v) is 4.39. The van der Waals surface area contributed by atoms with Crippen LogP contribution in [-0.2, 0) is 4.74 Å². The monoisotopic (exact) mass is 464 g/mol. The molecule has 1 aliphatic heterocycles. The second kappa shape index (κ2) is 7.86. The Morgan fingerprint density at radius 3 is 2.88 bits per heavy atom. The van der Waals surface area contributed by atoms with Gasteiger partial charge in [-0.15, -0.1) is 0 Å². The van der Waals surface area contributed by atoms with E-state index in [1.165, 1.54) is 0 Å². The molecule has 0 bridgehead atoms. The van der Waals surface area contributed by atoms with Crippen LogP contribution < -0.4 is 5.32 Å². The van der Waals surface area contributed by atoms with Gasteiger partial charge in [-0.25, -0.2) is 9.78 Å². The first-order valence-electron chi connectivity index (χ1n) is 7.81. The van der Waals surface area contributed by atoms with Crippen LogP contribution >= 0.6 is 34.2 Å². The van der Waals surface area contributed by atoms with Crippen molar-refractivity contribution in [3.63, 3.8) is 0 Å². The lowest BCUT2D eigenvalue weighted by Crippen LogP contribution is -2.47. The molecule has 1 fully saturated rings. The van der Waals surface area contributed by atoms with Gasteiger partial charge in [0.15, 0.2) is 0 Å². The summed E-state index contributed by atoms with van der Waals surface area (Å²) in [7, 11) is 0. The lowest BCUT2D eigenvalue weighted by molar-refractivity contribution is 0.0206. The quantitative estimate of drug-likeness (QED) is 0.516. The standard InChI is InChI=1S/C16H22ClIN4O2/c1-16(2,3)24-15(23)22-8-4-5-10(9-22)21-14-12(13(18)19)11(17)6-7-20-14/h6-7,10,19H,4-5,8-9H2,1-3H3,(H,20,21)/t10-/m1/s1. The Balaban J connectivity index is 2.08. The summed E-state index contributed by atoms with van der Waals surface area (Å²) in [6, 6.07) is 1.72. The third-order valence-electron chi connectivity index (χ3n) is 3.53. The normalized spacial score (nSPS) is 18.2. The van der Waals surface area contributed by atoms with Crippen LogP contribution in [0.4, 0.5) is 10.6 Å². The van der Waals surface area contributed by atoms with Crippen LogP contribution in [0.1, 0.15) is 39.2 Å². The van der Waals surface area contributed by atoms with Crippen LogP contribution in [0.2, 0.25) is 5.02 Å². The van der Waals surface area contributed by atoms with Crippen LogP contribution in [0.15, 0.2) is 12.3 Å². The summed E-state index contributed by atoms with van der Waals surface area (Å²) < 4.78 is 5.77. The van der Waals surface area contributed by atoms with Gasteiger partial charge >= 0.3 is 6.09 Å². The van der Waals surface area contributed by atoms with E-state index in [9.17, 15) is 4.79 Å². The first kappa shape index (κ1) is 19.2. The van der Waals surface area contributed by atoms with Crippen molar-refractivity contribution in [3.8, 4) is 0 Å².